The van der Waals surface area contributed by atoms with E-state index in [2.05, 4.69) is 4.74 Å². The van der Waals surface area contributed by atoms with E-state index in [0.29, 0.717) is 0 Å². The number of ether oxygens (including phenoxy) is 1. The molecule has 3 nitrogen and oxygen atoms in total. The molecule has 0 bridgehead atoms. The lowest BCUT2D eigenvalue weighted by molar-refractivity contribution is -0.0501. The molecule has 1 rings (SSSR count). The Kier molecular flexibility index (Phi) is 4.06. The maximum atomic E-state index is 12.1. The maximum Gasteiger partial charge on any atom is 0.387 e. The topological polar surface area (TPSA) is 52.3 Å². The Balaban J connectivity index is 3.12. The van der Waals surface area contributed by atoms with Crippen molar-refractivity contribution in [3.05, 3.63) is 23.8 Å². The highest BCUT2D eigenvalue weighted by atomic mass is 35.5. The van der Waals surface area contributed by atoms with Crippen LogP contribution in [0, 0.1) is 0 Å². The number of carbonyl (C=O) groups is 1. The van der Waals surface area contributed by atoms with Crippen molar-refractivity contribution >= 4 is 23.1 Å². The minimum atomic E-state index is -3.00. The highest BCUT2D eigenvalue weighted by Crippen LogP contribution is 2.25. The first-order valence-corrected chi connectivity index (χ1v) is 4.88. The molecule has 2 N–H and O–H groups in total. The van der Waals surface area contributed by atoms with Crippen molar-refractivity contribution in [1.82, 2.24) is 0 Å². The molecule has 0 heterocycles. The number of hydrogen-bond acceptors (Lipinski definition) is 3. The summed E-state index contributed by atoms with van der Waals surface area (Å²) >= 11 is 5.59. The molecule has 6 heteroatoms. The summed E-state index contributed by atoms with van der Waals surface area (Å²) < 4.78 is 28.3. The second-order valence-electron chi connectivity index (χ2n) is 3.11. The lowest BCUT2D eigenvalue weighted by Crippen LogP contribution is -2.14. The summed E-state index contributed by atoms with van der Waals surface area (Å²) in [4.78, 5) is 11.6. The molecule has 0 radical (unpaired) electrons. The maximum absolute atomic E-state index is 12.1. The Labute approximate surface area is 96.1 Å². The number of nitrogen functional groups attached to an aromatic ring is 1. The van der Waals surface area contributed by atoms with E-state index in [-0.39, 0.29) is 17.0 Å². The largest absolute Gasteiger partial charge is 0.434 e. The molecular weight excluding hydrogens is 240 g/mol. The summed E-state index contributed by atoms with van der Waals surface area (Å²) in [6.07, 6.45) is 0. The summed E-state index contributed by atoms with van der Waals surface area (Å²) in [7, 11) is 0. The van der Waals surface area contributed by atoms with Crippen molar-refractivity contribution in [2.75, 3.05) is 5.73 Å². The monoisotopic (exact) mass is 249 g/mol. The second kappa shape index (κ2) is 5.12. The van der Waals surface area contributed by atoms with Gasteiger partial charge in [0.05, 0.1) is 10.9 Å². The van der Waals surface area contributed by atoms with E-state index >= 15 is 0 Å². The van der Waals surface area contributed by atoms with Gasteiger partial charge >= 0.3 is 6.61 Å². The van der Waals surface area contributed by atoms with Crippen LogP contribution in [-0.2, 0) is 0 Å². The Morgan fingerprint density at radius 2 is 2.12 bits per heavy atom. The van der Waals surface area contributed by atoms with Crippen molar-refractivity contribution in [3.8, 4) is 5.75 Å². The van der Waals surface area contributed by atoms with Crippen LogP contribution in [0.4, 0.5) is 14.5 Å². The first kappa shape index (κ1) is 12.7. The molecule has 0 saturated heterocycles. The molecule has 1 aromatic carbocycles. The van der Waals surface area contributed by atoms with Gasteiger partial charge in [-0.3, -0.25) is 4.79 Å². The third kappa shape index (κ3) is 3.06. The number of Topliss-reactive ketones (excluding diaryl/α,β-unsaturated/α-hetero) is 1. The summed E-state index contributed by atoms with van der Waals surface area (Å²) in [5, 5.41) is -0.832. The van der Waals surface area contributed by atoms with Gasteiger partial charge in [0.2, 0.25) is 0 Å². The first-order chi connectivity index (χ1) is 7.41. The van der Waals surface area contributed by atoms with E-state index in [1.165, 1.54) is 25.1 Å². The van der Waals surface area contributed by atoms with Gasteiger partial charge in [-0.15, -0.1) is 11.6 Å². The molecule has 0 fully saturated rings. The van der Waals surface area contributed by atoms with Crippen LogP contribution >= 0.6 is 11.6 Å². The normalized spacial score (nSPS) is 12.6. The lowest BCUT2D eigenvalue weighted by atomic mass is 10.1. The van der Waals surface area contributed by atoms with Crippen molar-refractivity contribution in [1.29, 1.82) is 0 Å². The zero-order valence-electron chi connectivity index (χ0n) is 8.41. The van der Waals surface area contributed by atoms with E-state index in [1.54, 1.807) is 0 Å². The molecule has 1 unspecified atom stereocenters. The van der Waals surface area contributed by atoms with Crippen LogP contribution in [0.15, 0.2) is 18.2 Å². The van der Waals surface area contributed by atoms with E-state index in [9.17, 15) is 13.6 Å². The van der Waals surface area contributed by atoms with Crippen LogP contribution in [0.25, 0.3) is 0 Å². The quantitative estimate of drug-likeness (QED) is 0.507. The van der Waals surface area contributed by atoms with Crippen LogP contribution in [0.1, 0.15) is 17.3 Å². The lowest BCUT2D eigenvalue weighted by Gasteiger charge is -2.11. The van der Waals surface area contributed by atoms with Crippen LogP contribution < -0.4 is 10.5 Å². The van der Waals surface area contributed by atoms with Crippen molar-refractivity contribution in [3.63, 3.8) is 0 Å². The van der Waals surface area contributed by atoms with Gasteiger partial charge in [0.25, 0.3) is 0 Å². The molecule has 0 aliphatic carbocycles. The van der Waals surface area contributed by atoms with Crippen molar-refractivity contribution < 1.29 is 18.3 Å². The second-order valence-corrected chi connectivity index (χ2v) is 3.77. The van der Waals surface area contributed by atoms with E-state index < -0.39 is 17.8 Å². The summed E-state index contributed by atoms with van der Waals surface area (Å²) in [5.41, 5.74) is 5.70. The number of alkyl halides is 3. The summed E-state index contributed by atoms with van der Waals surface area (Å²) in [5.74, 6) is -0.730. The Morgan fingerprint density at radius 3 is 2.62 bits per heavy atom. The van der Waals surface area contributed by atoms with Gasteiger partial charge in [0.15, 0.2) is 5.78 Å². The molecule has 0 spiro atoms. The molecular formula is C10H10ClF2NO2. The number of ketones is 1. The average Bonchev–Trinajstić information content (AvgIpc) is 2.18. The molecule has 1 atom stereocenters. The van der Waals surface area contributed by atoms with Gasteiger partial charge in [-0.05, 0) is 25.1 Å². The van der Waals surface area contributed by atoms with Gasteiger partial charge in [0, 0.05) is 5.69 Å². The van der Waals surface area contributed by atoms with Gasteiger partial charge in [0.1, 0.15) is 5.75 Å². The number of rotatable bonds is 4. The molecule has 0 amide bonds. The minimum absolute atomic E-state index is 0.0391. The predicted octanol–water partition coefficient (Wildman–Crippen LogP) is 2.68. The highest BCUT2D eigenvalue weighted by molar-refractivity contribution is 6.34. The highest BCUT2D eigenvalue weighted by Gasteiger charge is 2.19. The number of hydrogen-bond donors (Lipinski definition) is 1. The Morgan fingerprint density at radius 1 is 1.50 bits per heavy atom. The fraction of sp³-hybridized carbons (Fsp3) is 0.300. The van der Waals surface area contributed by atoms with Crippen LogP contribution in [0.5, 0.6) is 5.75 Å². The molecule has 0 aromatic heterocycles. The van der Waals surface area contributed by atoms with Crippen LogP contribution in [0.2, 0.25) is 0 Å². The molecule has 16 heavy (non-hydrogen) atoms. The average molecular weight is 250 g/mol. The van der Waals surface area contributed by atoms with Gasteiger partial charge in [-0.2, -0.15) is 8.78 Å². The standard InChI is InChI=1S/C10H10ClF2NO2/c1-5(11)9(15)7-4-6(14)2-3-8(7)16-10(12)13/h2-5,10H,14H2,1H3. The SMILES string of the molecule is CC(Cl)C(=O)c1cc(N)ccc1OC(F)F. The fourth-order valence-electron chi connectivity index (χ4n) is 1.15. The summed E-state index contributed by atoms with van der Waals surface area (Å²) in [6, 6.07) is 3.85. The number of carbonyl (C=O) groups excluding carboxylic acids is 1. The van der Waals surface area contributed by atoms with Gasteiger partial charge in [-0.25, -0.2) is 0 Å². The zero-order chi connectivity index (χ0) is 12.3. The van der Waals surface area contributed by atoms with Gasteiger partial charge in [-0.1, -0.05) is 0 Å². The van der Waals surface area contributed by atoms with E-state index in [1.807, 2.05) is 0 Å². The molecule has 1 aromatic rings. The third-order valence-electron chi connectivity index (χ3n) is 1.85. The fourth-order valence-corrected chi connectivity index (χ4v) is 1.27. The molecule has 88 valence electrons. The van der Waals surface area contributed by atoms with E-state index in [0.717, 1.165) is 0 Å². The minimum Gasteiger partial charge on any atom is -0.434 e. The zero-order valence-corrected chi connectivity index (χ0v) is 9.17. The van der Waals surface area contributed by atoms with Crippen LogP contribution in [-0.4, -0.2) is 17.8 Å². The number of halogens is 3. The smallest absolute Gasteiger partial charge is 0.387 e. The van der Waals surface area contributed by atoms with Crippen molar-refractivity contribution in [2.45, 2.75) is 18.9 Å². The molecule has 0 aliphatic rings. The summed E-state index contributed by atoms with van der Waals surface area (Å²) in [6.45, 7) is -1.56. The van der Waals surface area contributed by atoms with Gasteiger partial charge < -0.3 is 10.5 Å². The Bertz CT molecular complexity index is 396. The van der Waals surface area contributed by atoms with Crippen molar-refractivity contribution in [2.24, 2.45) is 0 Å². The molecule has 0 aliphatic heterocycles. The van der Waals surface area contributed by atoms with E-state index in [4.69, 9.17) is 17.3 Å². The Hall–Kier alpha value is -1.36. The number of anilines is 1. The predicted molar refractivity (Wildman–Crippen MR) is 57.1 cm³/mol. The number of nitrogens with two attached hydrogens (primary N) is 1. The first-order valence-electron chi connectivity index (χ1n) is 4.44. The third-order valence-corrected chi connectivity index (χ3v) is 2.04. The molecule has 0 saturated carbocycles. The number of benzene rings is 1. The van der Waals surface area contributed by atoms with Crippen LogP contribution in [0.3, 0.4) is 0 Å².